The van der Waals surface area contributed by atoms with Crippen LogP contribution >= 0.6 is 0 Å². The summed E-state index contributed by atoms with van der Waals surface area (Å²) in [5.74, 6) is 0. The lowest BCUT2D eigenvalue weighted by molar-refractivity contribution is 0.269. The summed E-state index contributed by atoms with van der Waals surface area (Å²) in [4.78, 5) is 4.01. The minimum Gasteiger partial charge on any atom is -0.380 e. The number of aromatic nitrogens is 1. The van der Waals surface area contributed by atoms with Crippen molar-refractivity contribution in [3.8, 4) is 0 Å². The van der Waals surface area contributed by atoms with Crippen LogP contribution in [0.1, 0.15) is 32.6 Å². The van der Waals surface area contributed by atoms with Crippen LogP contribution in [-0.4, -0.2) is 10.5 Å². The topological polar surface area (TPSA) is 24.9 Å². The zero-order valence-corrected chi connectivity index (χ0v) is 8.09. The van der Waals surface area contributed by atoms with Crippen molar-refractivity contribution in [3.05, 3.63) is 24.5 Å². The van der Waals surface area contributed by atoms with Gasteiger partial charge in [0.25, 0.3) is 0 Å². The minimum absolute atomic E-state index is 0.390. The molecule has 70 valence electrons. The van der Waals surface area contributed by atoms with Gasteiger partial charge in [-0.05, 0) is 37.8 Å². The van der Waals surface area contributed by atoms with E-state index >= 15 is 0 Å². The first kappa shape index (κ1) is 8.54. The fourth-order valence-electron chi connectivity index (χ4n) is 1.91. The quantitative estimate of drug-likeness (QED) is 0.766. The number of hydrogen-bond acceptors (Lipinski definition) is 2. The van der Waals surface area contributed by atoms with Gasteiger partial charge in [-0.3, -0.25) is 4.98 Å². The summed E-state index contributed by atoms with van der Waals surface area (Å²) in [5.41, 5.74) is 1.60. The molecule has 1 aliphatic rings. The number of hydrogen-bond donors (Lipinski definition) is 1. The zero-order chi connectivity index (χ0) is 9.15. The van der Waals surface area contributed by atoms with Crippen LogP contribution in [0.2, 0.25) is 0 Å². The van der Waals surface area contributed by atoms with Gasteiger partial charge in [-0.25, -0.2) is 0 Å². The third-order valence-corrected chi connectivity index (χ3v) is 3.08. The van der Waals surface area contributed by atoms with Gasteiger partial charge in [-0.15, -0.1) is 0 Å². The van der Waals surface area contributed by atoms with Crippen molar-refractivity contribution in [2.75, 3.05) is 5.32 Å². The molecule has 0 saturated heterocycles. The van der Waals surface area contributed by atoms with Crippen molar-refractivity contribution in [1.82, 2.24) is 4.98 Å². The maximum absolute atomic E-state index is 4.01. The molecule has 1 aromatic rings. The van der Waals surface area contributed by atoms with Crippen LogP contribution in [0.15, 0.2) is 24.5 Å². The van der Waals surface area contributed by atoms with E-state index in [1.54, 1.807) is 0 Å². The maximum Gasteiger partial charge on any atom is 0.0375 e. The highest BCUT2D eigenvalue weighted by atomic mass is 15.0. The Balaban J connectivity index is 2.05. The molecule has 1 saturated carbocycles. The van der Waals surface area contributed by atoms with E-state index in [-0.39, 0.29) is 0 Å². The molecule has 2 rings (SSSR count). The molecule has 0 aliphatic heterocycles. The molecule has 0 atom stereocenters. The number of nitrogens with one attached hydrogen (secondary N) is 1. The average molecular weight is 176 g/mol. The molecule has 1 fully saturated rings. The van der Waals surface area contributed by atoms with Crippen LogP contribution < -0.4 is 5.32 Å². The molecule has 0 radical (unpaired) electrons. The van der Waals surface area contributed by atoms with Crippen molar-refractivity contribution >= 4 is 5.69 Å². The normalized spacial score (nSPS) is 19.2. The molecule has 0 spiro atoms. The molecule has 2 heteroatoms. The third kappa shape index (κ3) is 1.67. The van der Waals surface area contributed by atoms with Gasteiger partial charge in [-0.1, -0.05) is 6.92 Å². The molecule has 2 nitrogen and oxygen atoms in total. The van der Waals surface area contributed by atoms with Crippen molar-refractivity contribution in [3.63, 3.8) is 0 Å². The Morgan fingerprint density at radius 1 is 1.38 bits per heavy atom. The van der Waals surface area contributed by atoms with Crippen LogP contribution in [-0.2, 0) is 0 Å². The van der Waals surface area contributed by atoms with Crippen LogP contribution in [0.5, 0.6) is 0 Å². The van der Waals surface area contributed by atoms with Gasteiger partial charge < -0.3 is 5.32 Å². The number of rotatable bonds is 3. The van der Waals surface area contributed by atoms with E-state index in [0.717, 1.165) is 0 Å². The second-order valence-corrected chi connectivity index (χ2v) is 3.85. The molecule has 1 heterocycles. The van der Waals surface area contributed by atoms with Gasteiger partial charge in [0, 0.05) is 23.6 Å². The van der Waals surface area contributed by atoms with Crippen LogP contribution in [0, 0.1) is 0 Å². The highest BCUT2D eigenvalue weighted by molar-refractivity contribution is 5.44. The predicted octanol–water partition coefficient (Wildman–Crippen LogP) is 2.83. The monoisotopic (exact) mass is 176 g/mol. The van der Waals surface area contributed by atoms with E-state index in [1.165, 1.54) is 31.4 Å². The van der Waals surface area contributed by atoms with Crippen molar-refractivity contribution in [1.29, 1.82) is 0 Å². The van der Waals surface area contributed by atoms with E-state index in [4.69, 9.17) is 0 Å². The highest BCUT2D eigenvalue weighted by Crippen LogP contribution is 2.37. The lowest BCUT2D eigenvalue weighted by Crippen LogP contribution is -2.44. The SMILES string of the molecule is CCC1(Nc2ccncc2)CCC1. The second-order valence-electron chi connectivity index (χ2n) is 3.85. The lowest BCUT2D eigenvalue weighted by atomic mass is 9.75. The summed E-state index contributed by atoms with van der Waals surface area (Å²) in [7, 11) is 0. The smallest absolute Gasteiger partial charge is 0.0375 e. The number of pyridine rings is 1. The van der Waals surface area contributed by atoms with Crippen molar-refractivity contribution < 1.29 is 0 Å². The molecular formula is C11H16N2. The standard InChI is InChI=1S/C11H16N2/c1-2-11(6-3-7-11)13-10-4-8-12-9-5-10/h4-5,8-9H,2-3,6-7H2,1H3,(H,12,13). The van der Waals surface area contributed by atoms with Gasteiger partial charge in [-0.2, -0.15) is 0 Å². The predicted molar refractivity (Wildman–Crippen MR) is 54.7 cm³/mol. The minimum atomic E-state index is 0.390. The number of anilines is 1. The Morgan fingerprint density at radius 2 is 2.08 bits per heavy atom. The zero-order valence-electron chi connectivity index (χ0n) is 8.09. The Hall–Kier alpha value is -1.05. The Labute approximate surface area is 79.4 Å². The molecule has 0 amide bonds. The van der Waals surface area contributed by atoms with Gasteiger partial charge in [0.15, 0.2) is 0 Å². The van der Waals surface area contributed by atoms with Gasteiger partial charge in [0.05, 0.1) is 0 Å². The van der Waals surface area contributed by atoms with E-state index in [9.17, 15) is 0 Å². The molecule has 13 heavy (non-hydrogen) atoms. The first-order valence-electron chi connectivity index (χ1n) is 5.03. The summed E-state index contributed by atoms with van der Waals surface area (Å²) >= 11 is 0. The number of nitrogens with zero attached hydrogens (tertiary/aromatic N) is 1. The molecule has 1 N–H and O–H groups in total. The maximum atomic E-state index is 4.01. The van der Waals surface area contributed by atoms with Crippen molar-refractivity contribution in [2.45, 2.75) is 38.1 Å². The van der Waals surface area contributed by atoms with E-state index in [2.05, 4.69) is 17.2 Å². The molecule has 1 aliphatic carbocycles. The molecule has 0 unspecified atom stereocenters. The van der Waals surface area contributed by atoms with Gasteiger partial charge in [0.2, 0.25) is 0 Å². The molecule has 1 aromatic heterocycles. The summed E-state index contributed by atoms with van der Waals surface area (Å²) in [5, 5.41) is 3.60. The fraction of sp³-hybridized carbons (Fsp3) is 0.545. The fourth-order valence-corrected chi connectivity index (χ4v) is 1.91. The van der Waals surface area contributed by atoms with Gasteiger partial charge in [0.1, 0.15) is 0 Å². The first-order chi connectivity index (χ1) is 6.35. The molecular weight excluding hydrogens is 160 g/mol. The van der Waals surface area contributed by atoms with Crippen LogP contribution in [0.25, 0.3) is 0 Å². The Morgan fingerprint density at radius 3 is 2.54 bits per heavy atom. The molecule has 0 bridgehead atoms. The summed E-state index contributed by atoms with van der Waals surface area (Å²) in [6.07, 6.45) is 8.88. The van der Waals surface area contributed by atoms with Crippen LogP contribution in [0.3, 0.4) is 0 Å². The van der Waals surface area contributed by atoms with E-state index in [0.29, 0.717) is 5.54 Å². The summed E-state index contributed by atoms with van der Waals surface area (Å²) in [6, 6.07) is 4.07. The van der Waals surface area contributed by atoms with Gasteiger partial charge >= 0.3 is 0 Å². The summed E-state index contributed by atoms with van der Waals surface area (Å²) in [6.45, 7) is 2.26. The Kier molecular flexibility index (Phi) is 2.21. The molecule has 0 aromatic carbocycles. The first-order valence-corrected chi connectivity index (χ1v) is 5.03. The summed E-state index contributed by atoms with van der Waals surface area (Å²) < 4.78 is 0. The second kappa shape index (κ2) is 3.36. The largest absolute Gasteiger partial charge is 0.380 e. The van der Waals surface area contributed by atoms with Crippen molar-refractivity contribution in [2.24, 2.45) is 0 Å². The highest BCUT2D eigenvalue weighted by Gasteiger charge is 2.34. The van der Waals surface area contributed by atoms with E-state index < -0.39 is 0 Å². The lowest BCUT2D eigenvalue weighted by Gasteiger charge is -2.42. The Bertz CT molecular complexity index is 259. The van der Waals surface area contributed by atoms with E-state index in [1.807, 2.05) is 24.5 Å². The van der Waals surface area contributed by atoms with Crippen LogP contribution in [0.4, 0.5) is 5.69 Å². The average Bonchev–Trinajstić information content (AvgIpc) is 2.13. The third-order valence-electron chi connectivity index (χ3n) is 3.08.